The average Bonchev–Trinajstić information content (AvgIpc) is 2.40. The minimum absolute atomic E-state index is 0.0654. The molecule has 110 valence electrons. The SMILES string of the molecule is CC(O)c1ccc(Oc2ccc([N+](=O)[O-])c(Cl)c2)c(F)c1. The molecule has 1 N–H and O–H groups in total. The van der Waals surface area contributed by atoms with Gasteiger partial charge in [0.1, 0.15) is 10.8 Å². The molecule has 0 fully saturated rings. The fraction of sp³-hybridized carbons (Fsp3) is 0.143. The lowest BCUT2D eigenvalue weighted by Crippen LogP contribution is -1.95. The van der Waals surface area contributed by atoms with Gasteiger partial charge in [-0.25, -0.2) is 4.39 Å². The summed E-state index contributed by atoms with van der Waals surface area (Å²) in [4.78, 5) is 10.0. The molecule has 0 aliphatic rings. The van der Waals surface area contributed by atoms with Crippen LogP contribution >= 0.6 is 11.6 Å². The monoisotopic (exact) mass is 311 g/mol. The summed E-state index contributed by atoms with van der Waals surface area (Å²) in [6.07, 6.45) is -0.789. The molecule has 0 saturated carbocycles. The second-order valence-electron chi connectivity index (χ2n) is 4.34. The van der Waals surface area contributed by atoms with Crippen LogP contribution in [0.5, 0.6) is 11.5 Å². The Morgan fingerprint density at radius 2 is 2.05 bits per heavy atom. The fourth-order valence-corrected chi connectivity index (χ4v) is 1.93. The van der Waals surface area contributed by atoms with Gasteiger partial charge in [-0.3, -0.25) is 10.1 Å². The normalized spacial score (nSPS) is 12.0. The van der Waals surface area contributed by atoms with Crippen LogP contribution in [0.15, 0.2) is 36.4 Å². The van der Waals surface area contributed by atoms with Crippen LogP contribution in [0.1, 0.15) is 18.6 Å². The van der Waals surface area contributed by atoms with Crippen molar-refractivity contribution in [2.75, 3.05) is 0 Å². The van der Waals surface area contributed by atoms with Crippen molar-refractivity contribution in [3.8, 4) is 11.5 Å². The highest BCUT2D eigenvalue weighted by Crippen LogP contribution is 2.32. The quantitative estimate of drug-likeness (QED) is 0.677. The number of hydrogen-bond donors (Lipinski definition) is 1. The highest BCUT2D eigenvalue weighted by Gasteiger charge is 2.14. The van der Waals surface area contributed by atoms with Gasteiger partial charge in [-0.15, -0.1) is 0 Å². The highest BCUT2D eigenvalue weighted by molar-refractivity contribution is 6.32. The second kappa shape index (κ2) is 6.07. The molecule has 7 heteroatoms. The Hall–Kier alpha value is -2.18. The second-order valence-corrected chi connectivity index (χ2v) is 4.75. The summed E-state index contributed by atoms with van der Waals surface area (Å²) in [5.41, 5.74) is 0.163. The van der Waals surface area contributed by atoms with E-state index in [0.717, 1.165) is 6.07 Å². The Morgan fingerprint density at radius 3 is 2.57 bits per heavy atom. The minimum Gasteiger partial charge on any atom is -0.454 e. The van der Waals surface area contributed by atoms with Gasteiger partial charge in [0.2, 0.25) is 0 Å². The highest BCUT2D eigenvalue weighted by atomic mass is 35.5. The van der Waals surface area contributed by atoms with Crippen LogP contribution in [0.3, 0.4) is 0 Å². The van der Waals surface area contributed by atoms with E-state index in [1.165, 1.54) is 37.3 Å². The third-order valence-corrected chi connectivity index (χ3v) is 3.08. The Balaban J connectivity index is 2.26. The Labute approximate surface area is 124 Å². The van der Waals surface area contributed by atoms with Gasteiger partial charge in [0.25, 0.3) is 5.69 Å². The summed E-state index contributed by atoms with van der Waals surface area (Å²) in [5, 5.41) is 19.9. The molecule has 2 aromatic rings. The number of halogens is 2. The van der Waals surface area contributed by atoms with Crippen molar-refractivity contribution in [3.63, 3.8) is 0 Å². The lowest BCUT2D eigenvalue weighted by molar-refractivity contribution is -0.384. The van der Waals surface area contributed by atoms with Crippen LogP contribution in [0.4, 0.5) is 10.1 Å². The molecule has 0 aromatic heterocycles. The van der Waals surface area contributed by atoms with Gasteiger partial charge in [-0.2, -0.15) is 0 Å². The minimum atomic E-state index is -0.789. The summed E-state index contributed by atoms with van der Waals surface area (Å²) >= 11 is 5.75. The maximum Gasteiger partial charge on any atom is 0.288 e. The van der Waals surface area contributed by atoms with Crippen molar-refractivity contribution in [3.05, 3.63) is 62.9 Å². The molecule has 0 saturated heterocycles. The first-order valence-corrected chi connectivity index (χ1v) is 6.35. The molecule has 0 aliphatic carbocycles. The molecule has 1 atom stereocenters. The third-order valence-electron chi connectivity index (χ3n) is 2.78. The fourth-order valence-electron chi connectivity index (χ4n) is 1.69. The van der Waals surface area contributed by atoms with Crippen LogP contribution < -0.4 is 4.74 Å². The Morgan fingerprint density at radius 1 is 1.33 bits per heavy atom. The zero-order valence-corrected chi connectivity index (χ0v) is 11.7. The van der Waals surface area contributed by atoms with E-state index in [9.17, 15) is 19.6 Å². The third kappa shape index (κ3) is 3.48. The van der Waals surface area contributed by atoms with Crippen LogP contribution in [0, 0.1) is 15.9 Å². The van der Waals surface area contributed by atoms with E-state index in [1.54, 1.807) is 0 Å². The summed E-state index contributed by atoms with van der Waals surface area (Å²) in [5.74, 6) is -0.540. The molecule has 0 spiro atoms. The Bertz CT molecular complexity index is 691. The number of nitro groups is 1. The van der Waals surface area contributed by atoms with E-state index in [-0.39, 0.29) is 22.2 Å². The predicted octanol–water partition coefficient (Wildman–Crippen LogP) is 4.23. The van der Waals surface area contributed by atoms with Gasteiger partial charge in [-0.05, 0) is 30.7 Å². The van der Waals surface area contributed by atoms with Gasteiger partial charge in [0.15, 0.2) is 11.6 Å². The molecule has 0 heterocycles. The number of rotatable bonds is 4. The molecular weight excluding hydrogens is 301 g/mol. The molecule has 1 unspecified atom stereocenters. The van der Waals surface area contributed by atoms with E-state index in [0.29, 0.717) is 5.56 Å². The lowest BCUT2D eigenvalue weighted by atomic mass is 10.1. The van der Waals surface area contributed by atoms with Crippen LogP contribution in [0.2, 0.25) is 5.02 Å². The van der Waals surface area contributed by atoms with Gasteiger partial charge in [0.05, 0.1) is 11.0 Å². The van der Waals surface area contributed by atoms with E-state index in [2.05, 4.69) is 0 Å². The van der Waals surface area contributed by atoms with Crippen LogP contribution in [-0.4, -0.2) is 10.0 Å². The van der Waals surface area contributed by atoms with Crippen molar-refractivity contribution < 1.29 is 19.2 Å². The predicted molar refractivity (Wildman–Crippen MR) is 75.2 cm³/mol. The number of nitro benzene ring substituents is 1. The molecule has 0 aliphatic heterocycles. The van der Waals surface area contributed by atoms with Crippen molar-refractivity contribution >= 4 is 17.3 Å². The smallest absolute Gasteiger partial charge is 0.288 e. The van der Waals surface area contributed by atoms with E-state index in [4.69, 9.17) is 16.3 Å². The van der Waals surface area contributed by atoms with E-state index in [1.807, 2.05) is 0 Å². The topological polar surface area (TPSA) is 72.6 Å². The van der Waals surface area contributed by atoms with Gasteiger partial charge in [0, 0.05) is 12.1 Å². The van der Waals surface area contributed by atoms with Crippen LogP contribution in [-0.2, 0) is 0 Å². The molecule has 0 radical (unpaired) electrons. The zero-order chi connectivity index (χ0) is 15.6. The molecular formula is C14H11ClFNO4. The number of hydrogen-bond acceptors (Lipinski definition) is 4. The lowest BCUT2D eigenvalue weighted by Gasteiger charge is -2.10. The molecule has 2 aromatic carbocycles. The zero-order valence-electron chi connectivity index (χ0n) is 10.9. The van der Waals surface area contributed by atoms with Gasteiger partial charge < -0.3 is 9.84 Å². The van der Waals surface area contributed by atoms with E-state index >= 15 is 0 Å². The number of nitrogens with zero attached hydrogens (tertiary/aromatic N) is 1. The number of benzene rings is 2. The first-order valence-electron chi connectivity index (χ1n) is 5.98. The standard InChI is InChI=1S/C14H11ClFNO4/c1-8(18)9-2-5-14(12(16)6-9)21-10-3-4-13(17(19)20)11(15)7-10/h2-8,18H,1H3. The van der Waals surface area contributed by atoms with Crippen molar-refractivity contribution in [2.45, 2.75) is 13.0 Å². The molecule has 5 nitrogen and oxygen atoms in total. The molecule has 2 rings (SSSR count). The molecule has 0 amide bonds. The van der Waals surface area contributed by atoms with E-state index < -0.39 is 16.8 Å². The van der Waals surface area contributed by atoms with Gasteiger partial charge in [-0.1, -0.05) is 17.7 Å². The molecule has 0 bridgehead atoms. The summed E-state index contributed by atoms with van der Waals surface area (Å²) in [6, 6.07) is 7.79. The average molecular weight is 312 g/mol. The Kier molecular flexibility index (Phi) is 4.40. The maximum absolute atomic E-state index is 13.8. The van der Waals surface area contributed by atoms with Crippen molar-refractivity contribution in [1.82, 2.24) is 0 Å². The number of aliphatic hydroxyl groups is 1. The van der Waals surface area contributed by atoms with Crippen molar-refractivity contribution in [2.24, 2.45) is 0 Å². The molecule has 21 heavy (non-hydrogen) atoms. The van der Waals surface area contributed by atoms with Gasteiger partial charge >= 0.3 is 0 Å². The summed E-state index contributed by atoms with van der Waals surface area (Å²) < 4.78 is 19.1. The van der Waals surface area contributed by atoms with Crippen LogP contribution in [0.25, 0.3) is 0 Å². The summed E-state index contributed by atoms with van der Waals surface area (Å²) in [6.45, 7) is 1.52. The maximum atomic E-state index is 13.8. The first-order chi connectivity index (χ1) is 9.88. The first kappa shape index (κ1) is 15.2. The number of ether oxygens (including phenoxy) is 1. The van der Waals surface area contributed by atoms with Crippen molar-refractivity contribution in [1.29, 1.82) is 0 Å². The number of aliphatic hydroxyl groups excluding tert-OH is 1. The largest absolute Gasteiger partial charge is 0.454 e. The summed E-state index contributed by atoms with van der Waals surface area (Å²) in [7, 11) is 0.